The summed E-state index contributed by atoms with van der Waals surface area (Å²) in [5.74, 6) is 0.861. The van der Waals surface area contributed by atoms with Gasteiger partial charge in [0.25, 0.3) is 0 Å². The number of carbonyl (C=O) groups excluding carboxylic acids is 2. The highest BCUT2D eigenvalue weighted by molar-refractivity contribution is 6.31. The lowest BCUT2D eigenvalue weighted by Gasteiger charge is -2.13. The topological polar surface area (TPSA) is 97.3 Å². The first-order chi connectivity index (χ1) is 16.3. The molecule has 0 bridgehead atoms. The van der Waals surface area contributed by atoms with Crippen molar-refractivity contribution in [1.29, 1.82) is 0 Å². The molecule has 0 unspecified atom stereocenters. The van der Waals surface area contributed by atoms with Gasteiger partial charge in [0.2, 0.25) is 5.91 Å². The highest BCUT2D eigenvalue weighted by Gasteiger charge is 2.13. The third-order valence-corrected chi connectivity index (χ3v) is 5.68. The van der Waals surface area contributed by atoms with Gasteiger partial charge in [-0.15, -0.1) is 0 Å². The van der Waals surface area contributed by atoms with Crippen LogP contribution in [0.4, 0.5) is 22.0 Å². The Morgan fingerprint density at radius 3 is 2.62 bits per heavy atom. The highest BCUT2D eigenvalue weighted by Crippen LogP contribution is 2.31. The Bertz CT molecular complexity index is 1380. The van der Waals surface area contributed by atoms with Gasteiger partial charge in [-0.1, -0.05) is 17.7 Å². The van der Waals surface area contributed by atoms with Gasteiger partial charge >= 0.3 is 6.03 Å². The molecule has 2 heterocycles. The predicted octanol–water partition coefficient (Wildman–Crippen LogP) is 5.66. The van der Waals surface area contributed by atoms with E-state index in [-0.39, 0.29) is 5.91 Å². The van der Waals surface area contributed by atoms with E-state index in [9.17, 15) is 9.59 Å². The van der Waals surface area contributed by atoms with Crippen LogP contribution >= 0.6 is 11.6 Å². The van der Waals surface area contributed by atoms with Crippen LogP contribution in [0.25, 0.3) is 10.9 Å². The number of urea groups is 1. The number of rotatable bonds is 6. The first-order valence-corrected chi connectivity index (χ1v) is 10.9. The second kappa shape index (κ2) is 9.84. The molecule has 0 spiro atoms. The van der Waals surface area contributed by atoms with Crippen LogP contribution < -0.4 is 20.7 Å². The number of amides is 3. The fourth-order valence-electron chi connectivity index (χ4n) is 3.69. The molecule has 0 aliphatic rings. The second-order valence-electron chi connectivity index (χ2n) is 7.79. The number of anilines is 3. The molecular weight excluding hydrogens is 454 g/mol. The number of pyridine rings is 1. The average Bonchev–Trinajstić information content (AvgIpc) is 3.19. The number of benzene rings is 2. The van der Waals surface area contributed by atoms with E-state index in [1.165, 1.54) is 14.0 Å². The number of aromatic nitrogens is 2. The maximum atomic E-state index is 12.7. The maximum absolute atomic E-state index is 12.7. The van der Waals surface area contributed by atoms with Crippen LogP contribution in [0, 0.1) is 6.92 Å². The number of methoxy groups -OCH3 is 1. The normalized spacial score (nSPS) is 10.7. The second-order valence-corrected chi connectivity index (χ2v) is 8.20. The number of hydrogen-bond donors (Lipinski definition) is 3. The molecule has 0 atom stereocenters. The lowest BCUT2D eigenvalue weighted by molar-refractivity contribution is -0.114. The summed E-state index contributed by atoms with van der Waals surface area (Å²) in [5.41, 5.74) is 3.93. The van der Waals surface area contributed by atoms with Crippen LogP contribution in [0.1, 0.15) is 18.1 Å². The van der Waals surface area contributed by atoms with Crippen molar-refractivity contribution < 1.29 is 14.3 Å². The predicted molar refractivity (Wildman–Crippen MR) is 135 cm³/mol. The monoisotopic (exact) mass is 477 g/mol. The zero-order valence-corrected chi connectivity index (χ0v) is 19.7. The van der Waals surface area contributed by atoms with Crippen LogP contribution in [0.2, 0.25) is 5.02 Å². The van der Waals surface area contributed by atoms with Gasteiger partial charge in [0.15, 0.2) is 0 Å². The van der Waals surface area contributed by atoms with E-state index in [2.05, 4.69) is 25.5 Å². The largest absolute Gasteiger partial charge is 0.495 e. The van der Waals surface area contributed by atoms with E-state index in [1.54, 1.807) is 18.3 Å². The fourth-order valence-corrected chi connectivity index (χ4v) is 3.85. The van der Waals surface area contributed by atoms with Gasteiger partial charge in [0, 0.05) is 36.3 Å². The number of aryl methyl sites for hydroxylation is 1. The van der Waals surface area contributed by atoms with Crippen molar-refractivity contribution in [2.75, 3.05) is 23.1 Å². The summed E-state index contributed by atoms with van der Waals surface area (Å²) in [5, 5.41) is 9.83. The van der Waals surface area contributed by atoms with Crippen LogP contribution in [0.3, 0.4) is 0 Å². The minimum atomic E-state index is -0.410. The maximum Gasteiger partial charge on any atom is 0.323 e. The average molecular weight is 478 g/mol. The zero-order valence-electron chi connectivity index (χ0n) is 19.0. The smallest absolute Gasteiger partial charge is 0.323 e. The highest BCUT2D eigenvalue weighted by atomic mass is 35.5. The molecule has 3 N–H and O–H groups in total. The summed E-state index contributed by atoms with van der Waals surface area (Å²) in [7, 11) is 1.54. The molecule has 9 heteroatoms. The number of fused-ring (bicyclic) bond motifs is 1. The number of hydrogen-bond acceptors (Lipinski definition) is 4. The van der Waals surface area contributed by atoms with Crippen LogP contribution in [0.5, 0.6) is 5.75 Å². The number of ether oxygens (including phenoxy) is 1. The van der Waals surface area contributed by atoms with Crippen molar-refractivity contribution >= 4 is 51.6 Å². The van der Waals surface area contributed by atoms with Gasteiger partial charge in [0.1, 0.15) is 11.6 Å². The summed E-state index contributed by atoms with van der Waals surface area (Å²) in [6.45, 7) is 3.89. The van der Waals surface area contributed by atoms with Crippen molar-refractivity contribution in [2.24, 2.45) is 0 Å². The summed E-state index contributed by atoms with van der Waals surface area (Å²) >= 11 is 6.21. The van der Waals surface area contributed by atoms with Gasteiger partial charge in [-0.25, -0.2) is 9.78 Å². The summed E-state index contributed by atoms with van der Waals surface area (Å²) in [6.07, 6.45) is 3.62. The first-order valence-electron chi connectivity index (χ1n) is 10.6. The van der Waals surface area contributed by atoms with Gasteiger partial charge < -0.3 is 25.3 Å². The first kappa shape index (κ1) is 23.1. The molecular formula is C25H24ClN5O3. The fraction of sp³-hybridized carbons (Fsp3) is 0.160. The van der Waals surface area contributed by atoms with Gasteiger partial charge in [-0.2, -0.15) is 0 Å². The van der Waals surface area contributed by atoms with Crippen LogP contribution in [-0.4, -0.2) is 28.6 Å². The number of halogens is 1. The summed E-state index contributed by atoms with van der Waals surface area (Å²) in [4.78, 5) is 28.2. The SMILES string of the molecule is COc1cc(C)c(Cl)cc1NC(=O)Nc1cccc2c1ccn2Cc1ccnc(NC(C)=O)c1. The third kappa shape index (κ3) is 5.13. The Hall–Kier alpha value is -4.04. The molecule has 4 rings (SSSR count). The van der Waals surface area contributed by atoms with Crippen molar-refractivity contribution in [3.63, 3.8) is 0 Å². The van der Waals surface area contributed by atoms with Crippen molar-refractivity contribution in [2.45, 2.75) is 20.4 Å². The molecule has 0 aliphatic carbocycles. The molecule has 0 aliphatic heterocycles. The molecule has 2 aromatic carbocycles. The van der Waals surface area contributed by atoms with Gasteiger partial charge in [-0.05, 0) is 60.5 Å². The third-order valence-electron chi connectivity index (χ3n) is 5.27. The molecule has 174 valence electrons. The summed E-state index contributed by atoms with van der Waals surface area (Å²) in [6, 6.07) is 14.4. The quantitative estimate of drug-likeness (QED) is 0.334. The Morgan fingerprint density at radius 2 is 1.85 bits per heavy atom. The number of nitrogens with zero attached hydrogens (tertiary/aromatic N) is 2. The molecule has 4 aromatic rings. The number of carbonyl (C=O) groups is 2. The molecule has 0 radical (unpaired) electrons. The van der Waals surface area contributed by atoms with Gasteiger partial charge in [0.05, 0.1) is 24.0 Å². The van der Waals surface area contributed by atoms with Gasteiger partial charge in [-0.3, -0.25) is 4.79 Å². The lowest BCUT2D eigenvalue weighted by atomic mass is 10.2. The van der Waals surface area contributed by atoms with E-state index >= 15 is 0 Å². The minimum absolute atomic E-state index is 0.171. The number of nitrogens with one attached hydrogen (secondary N) is 3. The van der Waals surface area contributed by atoms with Crippen molar-refractivity contribution in [3.8, 4) is 5.75 Å². The standard InChI is InChI=1S/C25H24ClN5O3/c1-15-11-23(34-3)21(13-19(15)26)30-25(33)29-20-5-4-6-22-18(20)8-10-31(22)14-17-7-9-27-24(12-17)28-16(2)32/h4-13H,14H2,1-3H3,(H,27,28,32)(H2,29,30,33). The van der Waals surface area contributed by atoms with Crippen LogP contribution in [-0.2, 0) is 11.3 Å². The lowest BCUT2D eigenvalue weighted by Crippen LogP contribution is -2.20. The van der Waals surface area contributed by atoms with Crippen LogP contribution in [0.15, 0.2) is 60.9 Å². The van der Waals surface area contributed by atoms with E-state index in [4.69, 9.17) is 16.3 Å². The Kier molecular flexibility index (Phi) is 6.70. The zero-order chi connectivity index (χ0) is 24.2. The molecule has 3 amide bonds. The molecule has 0 fully saturated rings. The van der Waals surface area contributed by atoms with E-state index in [1.807, 2.05) is 49.5 Å². The van der Waals surface area contributed by atoms with E-state index < -0.39 is 6.03 Å². The van der Waals surface area contributed by atoms with E-state index in [0.29, 0.717) is 34.5 Å². The molecule has 34 heavy (non-hydrogen) atoms. The van der Waals surface area contributed by atoms with E-state index in [0.717, 1.165) is 22.0 Å². The van der Waals surface area contributed by atoms with Crippen molar-refractivity contribution in [3.05, 3.63) is 77.1 Å². The summed E-state index contributed by atoms with van der Waals surface area (Å²) < 4.78 is 7.42. The minimum Gasteiger partial charge on any atom is -0.495 e. The Morgan fingerprint density at radius 1 is 1.06 bits per heavy atom. The molecule has 2 aromatic heterocycles. The molecule has 0 saturated carbocycles. The Balaban J connectivity index is 1.54. The Labute approximate surface area is 201 Å². The molecule has 8 nitrogen and oxygen atoms in total. The molecule has 0 saturated heterocycles. The van der Waals surface area contributed by atoms with Crippen molar-refractivity contribution in [1.82, 2.24) is 9.55 Å².